The number of hydrogen-bond acceptors (Lipinski definition) is 5. The largest absolute Gasteiger partial charge is 0.490 e. The lowest BCUT2D eigenvalue weighted by Gasteiger charge is -2.40. The second-order valence-corrected chi connectivity index (χ2v) is 9.30. The lowest BCUT2D eigenvalue weighted by Crippen LogP contribution is -2.50. The van der Waals surface area contributed by atoms with Crippen molar-refractivity contribution >= 4 is 10.9 Å². The number of ether oxygens (including phenoxy) is 1. The molecule has 1 aliphatic rings. The number of β-amino-alcohol motifs (C(OH)–C–C–N with tert-alkyl or cyclic N) is 1. The molecule has 1 unspecified atom stereocenters. The first kappa shape index (κ1) is 23.5. The summed E-state index contributed by atoms with van der Waals surface area (Å²) < 4.78 is 6.05. The minimum Gasteiger partial charge on any atom is -0.490 e. The third-order valence-corrected chi connectivity index (χ3v) is 6.71. The Hall–Kier alpha value is -3.25. The van der Waals surface area contributed by atoms with E-state index in [0.29, 0.717) is 6.54 Å². The Morgan fingerprint density at radius 1 is 0.829 bits per heavy atom. The number of pyridine rings is 1. The molecule has 1 atom stereocenters. The standard InChI is InChI=1S/C30H33N3O2/c1-23-20-29(27-14-8-9-15-28(27)31-23)35-22-26(34)21-32-16-18-33(19-17-32)30(24-10-4-2-5-11-24)25-12-6-3-7-13-25/h2-15,20,26,30,34H,16-19,21-22H2,1H3. The SMILES string of the molecule is Cc1cc(OCC(O)CN2CCN(C(c3ccccc3)c3ccccc3)CC2)c2ccccc2n1. The maximum Gasteiger partial charge on any atom is 0.130 e. The highest BCUT2D eigenvalue weighted by molar-refractivity contribution is 5.85. The number of aryl methyl sites for hydroxylation is 1. The molecule has 180 valence electrons. The molecule has 0 radical (unpaired) electrons. The van der Waals surface area contributed by atoms with Crippen LogP contribution in [0.4, 0.5) is 0 Å². The normalized spacial score (nSPS) is 16.0. The average molecular weight is 468 g/mol. The van der Waals surface area contributed by atoms with Crippen molar-refractivity contribution in [3.8, 4) is 5.75 Å². The number of aromatic nitrogens is 1. The summed E-state index contributed by atoms with van der Waals surface area (Å²) in [5.74, 6) is 0.783. The summed E-state index contributed by atoms with van der Waals surface area (Å²) in [5.41, 5.74) is 4.47. The molecule has 35 heavy (non-hydrogen) atoms. The molecule has 1 saturated heterocycles. The number of aliphatic hydroxyl groups excluding tert-OH is 1. The number of aliphatic hydroxyl groups is 1. The Kier molecular flexibility index (Phi) is 7.38. The molecule has 1 aliphatic heterocycles. The van der Waals surface area contributed by atoms with E-state index in [4.69, 9.17) is 4.74 Å². The van der Waals surface area contributed by atoms with Crippen LogP contribution in [0.25, 0.3) is 10.9 Å². The molecule has 4 aromatic rings. The molecule has 3 aromatic carbocycles. The second-order valence-electron chi connectivity index (χ2n) is 9.30. The Labute approximate surface area is 207 Å². The van der Waals surface area contributed by atoms with Gasteiger partial charge in [-0.25, -0.2) is 0 Å². The van der Waals surface area contributed by atoms with Gasteiger partial charge < -0.3 is 9.84 Å². The molecule has 1 aromatic heterocycles. The van der Waals surface area contributed by atoms with E-state index in [1.807, 2.05) is 37.3 Å². The molecule has 0 aliphatic carbocycles. The fourth-order valence-corrected chi connectivity index (χ4v) is 5.01. The summed E-state index contributed by atoms with van der Waals surface area (Å²) in [6, 6.07) is 31.6. The van der Waals surface area contributed by atoms with Gasteiger partial charge in [0.25, 0.3) is 0 Å². The fourth-order valence-electron chi connectivity index (χ4n) is 5.01. The van der Waals surface area contributed by atoms with Gasteiger partial charge in [0.2, 0.25) is 0 Å². The van der Waals surface area contributed by atoms with E-state index in [2.05, 4.69) is 75.4 Å². The predicted molar refractivity (Wildman–Crippen MR) is 141 cm³/mol. The summed E-state index contributed by atoms with van der Waals surface area (Å²) in [6.45, 7) is 6.59. The van der Waals surface area contributed by atoms with Gasteiger partial charge in [0, 0.05) is 49.9 Å². The maximum atomic E-state index is 10.7. The Balaban J connectivity index is 1.18. The van der Waals surface area contributed by atoms with Crippen molar-refractivity contribution < 1.29 is 9.84 Å². The van der Waals surface area contributed by atoms with Crippen molar-refractivity contribution in [3.63, 3.8) is 0 Å². The van der Waals surface area contributed by atoms with Crippen LogP contribution in [-0.4, -0.2) is 65.3 Å². The zero-order valence-electron chi connectivity index (χ0n) is 20.3. The molecule has 0 saturated carbocycles. The van der Waals surface area contributed by atoms with Crippen LogP contribution in [0.2, 0.25) is 0 Å². The van der Waals surface area contributed by atoms with E-state index in [1.54, 1.807) is 0 Å². The number of nitrogens with zero attached hydrogens (tertiary/aromatic N) is 3. The van der Waals surface area contributed by atoms with Gasteiger partial charge in [-0.1, -0.05) is 72.8 Å². The van der Waals surface area contributed by atoms with Gasteiger partial charge in [0.05, 0.1) is 11.6 Å². The molecular formula is C30H33N3O2. The first-order valence-corrected chi connectivity index (χ1v) is 12.4. The van der Waals surface area contributed by atoms with Crippen molar-refractivity contribution in [2.45, 2.75) is 19.1 Å². The lowest BCUT2D eigenvalue weighted by molar-refractivity contribution is 0.0404. The van der Waals surface area contributed by atoms with Gasteiger partial charge in [-0.05, 0) is 30.2 Å². The average Bonchev–Trinajstić information content (AvgIpc) is 2.90. The molecule has 2 heterocycles. The van der Waals surface area contributed by atoms with Crippen LogP contribution in [0.1, 0.15) is 22.9 Å². The highest BCUT2D eigenvalue weighted by Crippen LogP contribution is 2.29. The van der Waals surface area contributed by atoms with E-state index in [-0.39, 0.29) is 12.6 Å². The van der Waals surface area contributed by atoms with Crippen molar-refractivity contribution in [1.29, 1.82) is 0 Å². The number of para-hydroxylation sites is 1. The minimum atomic E-state index is -0.548. The molecule has 1 fully saturated rings. The molecule has 0 amide bonds. The van der Waals surface area contributed by atoms with Crippen LogP contribution in [0.5, 0.6) is 5.75 Å². The van der Waals surface area contributed by atoms with Gasteiger partial charge >= 0.3 is 0 Å². The number of piperazine rings is 1. The van der Waals surface area contributed by atoms with Gasteiger partial charge in [-0.15, -0.1) is 0 Å². The fraction of sp³-hybridized carbons (Fsp3) is 0.300. The second kappa shape index (κ2) is 11.0. The summed E-state index contributed by atoms with van der Waals surface area (Å²) in [5, 5.41) is 11.7. The van der Waals surface area contributed by atoms with Crippen molar-refractivity contribution in [2.24, 2.45) is 0 Å². The van der Waals surface area contributed by atoms with E-state index in [9.17, 15) is 5.11 Å². The van der Waals surface area contributed by atoms with Crippen LogP contribution >= 0.6 is 0 Å². The number of fused-ring (bicyclic) bond motifs is 1. The van der Waals surface area contributed by atoms with Crippen LogP contribution in [0.15, 0.2) is 91.0 Å². The molecule has 0 bridgehead atoms. The number of benzene rings is 3. The topological polar surface area (TPSA) is 48.8 Å². The third kappa shape index (κ3) is 5.70. The van der Waals surface area contributed by atoms with E-state index in [0.717, 1.165) is 48.5 Å². The lowest BCUT2D eigenvalue weighted by atomic mass is 9.96. The molecule has 5 heteroatoms. The van der Waals surface area contributed by atoms with Gasteiger partial charge in [-0.3, -0.25) is 14.8 Å². The smallest absolute Gasteiger partial charge is 0.130 e. The molecule has 5 rings (SSSR count). The molecular weight excluding hydrogens is 434 g/mol. The third-order valence-electron chi connectivity index (χ3n) is 6.71. The highest BCUT2D eigenvalue weighted by atomic mass is 16.5. The number of hydrogen-bond donors (Lipinski definition) is 1. The molecule has 1 N–H and O–H groups in total. The number of rotatable bonds is 8. The van der Waals surface area contributed by atoms with Gasteiger partial charge in [0.15, 0.2) is 0 Å². The first-order chi connectivity index (χ1) is 17.2. The van der Waals surface area contributed by atoms with Crippen molar-refractivity contribution in [1.82, 2.24) is 14.8 Å². The van der Waals surface area contributed by atoms with Crippen LogP contribution in [0.3, 0.4) is 0 Å². The molecule has 5 nitrogen and oxygen atoms in total. The summed E-state index contributed by atoms with van der Waals surface area (Å²) in [6.07, 6.45) is -0.548. The van der Waals surface area contributed by atoms with Crippen LogP contribution < -0.4 is 4.74 Å². The van der Waals surface area contributed by atoms with E-state index >= 15 is 0 Å². The van der Waals surface area contributed by atoms with Crippen molar-refractivity contribution in [2.75, 3.05) is 39.3 Å². The van der Waals surface area contributed by atoms with Gasteiger partial charge in [0.1, 0.15) is 18.5 Å². The van der Waals surface area contributed by atoms with Crippen molar-refractivity contribution in [3.05, 3.63) is 108 Å². The quantitative estimate of drug-likeness (QED) is 0.407. The molecule has 0 spiro atoms. The maximum absolute atomic E-state index is 10.7. The highest BCUT2D eigenvalue weighted by Gasteiger charge is 2.27. The van der Waals surface area contributed by atoms with Crippen LogP contribution in [0, 0.1) is 6.92 Å². The summed E-state index contributed by atoms with van der Waals surface area (Å²) in [4.78, 5) is 9.46. The monoisotopic (exact) mass is 467 g/mol. The van der Waals surface area contributed by atoms with Crippen LogP contribution in [-0.2, 0) is 0 Å². The van der Waals surface area contributed by atoms with E-state index < -0.39 is 6.10 Å². The first-order valence-electron chi connectivity index (χ1n) is 12.4. The minimum absolute atomic E-state index is 0.246. The van der Waals surface area contributed by atoms with E-state index in [1.165, 1.54) is 11.1 Å². The predicted octanol–water partition coefficient (Wildman–Crippen LogP) is 4.69. The zero-order valence-corrected chi connectivity index (χ0v) is 20.3. The Bertz CT molecular complexity index is 1180. The Morgan fingerprint density at radius 3 is 2.09 bits per heavy atom. The Morgan fingerprint density at radius 2 is 1.43 bits per heavy atom. The summed E-state index contributed by atoms with van der Waals surface area (Å²) in [7, 11) is 0. The van der Waals surface area contributed by atoms with Gasteiger partial charge in [-0.2, -0.15) is 0 Å². The zero-order chi connectivity index (χ0) is 24.0. The summed E-state index contributed by atoms with van der Waals surface area (Å²) >= 11 is 0.